The summed E-state index contributed by atoms with van der Waals surface area (Å²) in [6.07, 6.45) is 20.2. The fourth-order valence-corrected chi connectivity index (χ4v) is 3.41. The van der Waals surface area contributed by atoms with Crippen molar-refractivity contribution in [1.82, 2.24) is 0 Å². The summed E-state index contributed by atoms with van der Waals surface area (Å²) in [5.74, 6) is -0.194. The minimum atomic E-state index is -0.562. The van der Waals surface area contributed by atoms with Gasteiger partial charge in [-0.25, -0.2) is 0 Å². The van der Waals surface area contributed by atoms with E-state index in [1.807, 2.05) is 6.92 Å². The number of esters is 1. The molecule has 1 fully saturated rings. The maximum absolute atomic E-state index is 11.9. The SMILES string of the molecule is CCCCCCCC/C=C\CCCCCC(O)C1(C(=O)OCC)CC1. The highest BCUT2D eigenvalue weighted by Gasteiger charge is 2.56. The van der Waals surface area contributed by atoms with E-state index in [0.29, 0.717) is 6.61 Å². The Bertz CT molecular complexity index is 371. The fraction of sp³-hybridized carbons (Fsp3) is 0.864. The Labute approximate surface area is 155 Å². The summed E-state index contributed by atoms with van der Waals surface area (Å²) >= 11 is 0. The van der Waals surface area contributed by atoms with Gasteiger partial charge < -0.3 is 9.84 Å². The summed E-state index contributed by atoms with van der Waals surface area (Å²) in [5.41, 5.74) is -0.562. The molecule has 3 nitrogen and oxygen atoms in total. The van der Waals surface area contributed by atoms with Crippen molar-refractivity contribution in [3.05, 3.63) is 12.2 Å². The smallest absolute Gasteiger partial charge is 0.314 e. The van der Waals surface area contributed by atoms with Crippen molar-refractivity contribution in [1.29, 1.82) is 0 Å². The Morgan fingerprint density at radius 1 is 0.960 bits per heavy atom. The molecule has 1 rings (SSSR count). The minimum absolute atomic E-state index is 0.194. The maximum Gasteiger partial charge on any atom is 0.314 e. The molecular formula is C22H40O3. The number of hydrogen-bond acceptors (Lipinski definition) is 3. The van der Waals surface area contributed by atoms with Crippen LogP contribution in [0.3, 0.4) is 0 Å². The van der Waals surface area contributed by atoms with E-state index in [0.717, 1.165) is 38.5 Å². The zero-order valence-corrected chi connectivity index (χ0v) is 16.6. The molecule has 0 radical (unpaired) electrons. The van der Waals surface area contributed by atoms with Gasteiger partial charge >= 0.3 is 5.97 Å². The first-order valence-electron chi connectivity index (χ1n) is 10.7. The van der Waals surface area contributed by atoms with E-state index >= 15 is 0 Å². The van der Waals surface area contributed by atoms with Gasteiger partial charge in [-0.15, -0.1) is 0 Å². The predicted octanol–water partition coefficient (Wildman–Crippen LogP) is 5.95. The molecule has 1 atom stereocenters. The zero-order chi connectivity index (χ0) is 18.4. The third-order valence-corrected chi connectivity index (χ3v) is 5.35. The second-order valence-electron chi connectivity index (χ2n) is 7.56. The molecule has 1 saturated carbocycles. The van der Waals surface area contributed by atoms with Crippen molar-refractivity contribution in [2.75, 3.05) is 6.61 Å². The van der Waals surface area contributed by atoms with Crippen molar-refractivity contribution in [3.8, 4) is 0 Å². The molecule has 0 aromatic carbocycles. The van der Waals surface area contributed by atoms with E-state index in [4.69, 9.17) is 4.74 Å². The quantitative estimate of drug-likeness (QED) is 0.212. The van der Waals surface area contributed by atoms with Gasteiger partial charge in [0.15, 0.2) is 0 Å². The Morgan fingerprint density at radius 2 is 1.52 bits per heavy atom. The van der Waals surface area contributed by atoms with E-state index in [1.54, 1.807) is 0 Å². The van der Waals surface area contributed by atoms with E-state index < -0.39 is 11.5 Å². The number of ether oxygens (including phenoxy) is 1. The lowest BCUT2D eigenvalue weighted by Gasteiger charge is -2.20. The lowest BCUT2D eigenvalue weighted by Crippen LogP contribution is -2.31. The van der Waals surface area contributed by atoms with Crippen LogP contribution in [0, 0.1) is 5.41 Å². The highest BCUT2D eigenvalue weighted by molar-refractivity contribution is 5.80. The van der Waals surface area contributed by atoms with Crippen molar-refractivity contribution < 1.29 is 14.6 Å². The summed E-state index contributed by atoms with van der Waals surface area (Å²) < 4.78 is 5.10. The molecule has 0 aromatic rings. The molecule has 1 aliphatic rings. The van der Waals surface area contributed by atoms with Crippen LogP contribution in [0.5, 0.6) is 0 Å². The van der Waals surface area contributed by atoms with Gasteiger partial charge in [0.25, 0.3) is 0 Å². The van der Waals surface area contributed by atoms with Crippen molar-refractivity contribution in [2.24, 2.45) is 5.41 Å². The van der Waals surface area contributed by atoms with Crippen LogP contribution in [0.4, 0.5) is 0 Å². The van der Waals surface area contributed by atoms with Crippen LogP contribution in [-0.2, 0) is 9.53 Å². The molecule has 0 bridgehead atoms. The largest absolute Gasteiger partial charge is 0.465 e. The first-order chi connectivity index (χ1) is 12.2. The highest BCUT2D eigenvalue weighted by atomic mass is 16.5. The van der Waals surface area contributed by atoms with Gasteiger partial charge in [0.2, 0.25) is 0 Å². The van der Waals surface area contributed by atoms with E-state index in [2.05, 4.69) is 19.1 Å². The van der Waals surface area contributed by atoms with Crippen molar-refractivity contribution >= 4 is 5.97 Å². The van der Waals surface area contributed by atoms with Gasteiger partial charge in [0.1, 0.15) is 0 Å². The number of carbonyl (C=O) groups excluding carboxylic acids is 1. The van der Waals surface area contributed by atoms with Gasteiger partial charge in [-0.2, -0.15) is 0 Å². The Morgan fingerprint density at radius 3 is 2.08 bits per heavy atom. The number of unbranched alkanes of at least 4 members (excludes halogenated alkanes) is 9. The Kier molecular flexibility index (Phi) is 11.9. The molecule has 0 aromatic heterocycles. The average molecular weight is 353 g/mol. The molecule has 146 valence electrons. The summed E-state index contributed by atoms with van der Waals surface area (Å²) in [4.78, 5) is 11.9. The normalized spacial score (nSPS) is 16.9. The molecule has 1 N–H and O–H groups in total. The lowest BCUT2D eigenvalue weighted by atomic mass is 9.94. The third kappa shape index (κ3) is 8.89. The molecular weight excluding hydrogens is 312 g/mol. The van der Waals surface area contributed by atoms with Crippen LogP contribution in [0.15, 0.2) is 12.2 Å². The van der Waals surface area contributed by atoms with Crippen LogP contribution in [0.1, 0.15) is 104 Å². The standard InChI is InChI=1S/C22H40O3/c1-3-5-6-7-8-9-10-11-12-13-14-15-16-17-20(23)22(18-19-22)21(24)25-4-2/h11-12,20,23H,3-10,13-19H2,1-2H3/b12-11-. The molecule has 0 aliphatic heterocycles. The molecule has 0 spiro atoms. The van der Waals surface area contributed by atoms with Crippen LogP contribution >= 0.6 is 0 Å². The van der Waals surface area contributed by atoms with E-state index in [1.165, 1.54) is 51.4 Å². The predicted molar refractivity (Wildman–Crippen MR) is 105 cm³/mol. The second-order valence-corrected chi connectivity index (χ2v) is 7.56. The van der Waals surface area contributed by atoms with Gasteiger partial charge in [0, 0.05) is 0 Å². The van der Waals surface area contributed by atoms with Gasteiger partial charge in [-0.1, -0.05) is 64.0 Å². The lowest BCUT2D eigenvalue weighted by molar-refractivity contribution is -0.154. The summed E-state index contributed by atoms with van der Waals surface area (Å²) in [5, 5.41) is 10.3. The molecule has 0 heterocycles. The minimum Gasteiger partial charge on any atom is -0.465 e. The van der Waals surface area contributed by atoms with Gasteiger partial charge in [-0.3, -0.25) is 4.79 Å². The topological polar surface area (TPSA) is 46.5 Å². The third-order valence-electron chi connectivity index (χ3n) is 5.35. The molecule has 1 aliphatic carbocycles. The number of carbonyl (C=O) groups is 1. The summed E-state index contributed by atoms with van der Waals surface area (Å²) in [6, 6.07) is 0. The highest BCUT2D eigenvalue weighted by Crippen LogP contribution is 2.51. The first kappa shape index (κ1) is 22.2. The fourth-order valence-electron chi connectivity index (χ4n) is 3.41. The average Bonchev–Trinajstić information content (AvgIpc) is 3.41. The molecule has 0 amide bonds. The van der Waals surface area contributed by atoms with Gasteiger partial charge in [-0.05, 0) is 51.9 Å². The summed E-state index contributed by atoms with van der Waals surface area (Å²) in [7, 11) is 0. The van der Waals surface area contributed by atoms with Gasteiger partial charge in [0.05, 0.1) is 18.1 Å². The molecule has 0 saturated heterocycles. The number of aliphatic hydroxyl groups excluding tert-OH is 1. The monoisotopic (exact) mass is 352 g/mol. The van der Waals surface area contributed by atoms with Crippen LogP contribution in [0.2, 0.25) is 0 Å². The zero-order valence-electron chi connectivity index (χ0n) is 16.6. The first-order valence-corrected chi connectivity index (χ1v) is 10.7. The maximum atomic E-state index is 11.9. The number of rotatable bonds is 16. The number of aliphatic hydroxyl groups is 1. The number of hydrogen-bond donors (Lipinski definition) is 1. The Balaban J connectivity index is 1.95. The molecule has 3 heteroatoms. The second kappa shape index (κ2) is 13.4. The van der Waals surface area contributed by atoms with Crippen molar-refractivity contribution in [3.63, 3.8) is 0 Å². The molecule has 25 heavy (non-hydrogen) atoms. The van der Waals surface area contributed by atoms with Crippen LogP contribution < -0.4 is 0 Å². The van der Waals surface area contributed by atoms with E-state index in [-0.39, 0.29) is 5.97 Å². The summed E-state index contributed by atoms with van der Waals surface area (Å²) in [6.45, 7) is 4.48. The van der Waals surface area contributed by atoms with Crippen molar-refractivity contribution in [2.45, 2.75) is 110 Å². The number of allylic oxidation sites excluding steroid dienone is 2. The molecule has 1 unspecified atom stereocenters. The Hall–Kier alpha value is -0.830. The van der Waals surface area contributed by atoms with Crippen LogP contribution in [-0.4, -0.2) is 23.8 Å². The van der Waals surface area contributed by atoms with E-state index in [9.17, 15) is 9.90 Å². The van der Waals surface area contributed by atoms with Crippen LogP contribution in [0.25, 0.3) is 0 Å².